The van der Waals surface area contributed by atoms with E-state index in [4.69, 9.17) is 0 Å². The Morgan fingerprint density at radius 1 is 1.36 bits per heavy atom. The van der Waals surface area contributed by atoms with Crippen molar-refractivity contribution in [3.05, 3.63) is 16.8 Å². The summed E-state index contributed by atoms with van der Waals surface area (Å²) >= 11 is 1.39. The summed E-state index contributed by atoms with van der Waals surface area (Å²) in [7, 11) is -2.95. The maximum absolute atomic E-state index is 10.7. The Hall–Kier alpha value is -0.350. The third-order valence-corrected chi connectivity index (χ3v) is 2.87. The van der Waals surface area contributed by atoms with Crippen LogP contribution in [-0.2, 0) is 9.84 Å². The minimum Gasteiger partial charge on any atom is -0.224 e. The molecule has 0 spiro atoms. The van der Waals surface area contributed by atoms with Crippen LogP contribution in [0.25, 0.3) is 0 Å². The Morgan fingerprint density at radius 3 is 2.09 bits per heavy atom. The average molecular weight is 192 g/mol. The Kier molecular flexibility index (Phi) is 4.37. The molecule has 2 nitrogen and oxygen atoms in total. The summed E-state index contributed by atoms with van der Waals surface area (Å²) in [5, 5.41) is 3.37. The van der Waals surface area contributed by atoms with Crippen molar-refractivity contribution in [1.82, 2.24) is 0 Å². The highest BCUT2D eigenvalue weighted by atomic mass is 32.2. The Bertz CT molecular complexity index is 271. The smallest absolute Gasteiger partial charge is 0.176 e. The van der Waals surface area contributed by atoms with Gasteiger partial charge in [0.05, 0.1) is 4.90 Å². The van der Waals surface area contributed by atoms with Gasteiger partial charge in [0, 0.05) is 11.6 Å². The van der Waals surface area contributed by atoms with Gasteiger partial charge in [-0.2, -0.15) is 11.3 Å². The van der Waals surface area contributed by atoms with Gasteiger partial charge in [0.15, 0.2) is 9.84 Å². The average Bonchev–Trinajstić information content (AvgIpc) is 2.40. The van der Waals surface area contributed by atoms with E-state index in [0.29, 0.717) is 4.90 Å². The first-order chi connectivity index (χ1) is 5.11. The van der Waals surface area contributed by atoms with Crippen LogP contribution >= 0.6 is 11.3 Å². The van der Waals surface area contributed by atoms with Crippen LogP contribution in [0.1, 0.15) is 13.8 Å². The molecule has 0 bridgehead atoms. The molecule has 64 valence electrons. The van der Waals surface area contributed by atoms with E-state index in [9.17, 15) is 8.42 Å². The van der Waals surface area contributed by atoms with Crippen LogP contribution in [0.4, 0.5) is 0 Å². The molecule has 1 aromatic heterocycles. The van der Waals surface area contributed by atoms with Crippen LogP contribution in [-0.4, -0.2) is 14.7 Å². The van der Waals surface area contributed by atoms with E-state index in [2.05, 4.69) is 0 Å². The quantitative estimate of drug-likeness (QED) is 0.683. The van der Waals surface area contributed by atoms with Crippen LogP contribution in [0.5, 0.6) is 0 Å². The third kappa shape index (κ3) is 3.53. The number of sulfone groups is 1. The fourth-order valence-electron chi connectivity index (χ4n) is 0.463. The third-order valence-electron chi connectivity index (χ3n) is 0.923. The van der Waals surface area contributed by atoms with Gasteiger partial charge in [0.1, 0.15) is 0 Å². The largest absolute Gasteiger partial charge is 0.224 e. The maximum atomic E-state index is 10.7. The highest BCUT2D eigenvalue weighted by Gasteiger charge is 2.04. The highest BCUT2D eigenvalue weighted by Crippen LogP contribution is 2.11. The molecular formula is C7H12O2S2. The molecule has 0 saturated heterocycles. The van der Waals surface area contributed by atoms with Gasteiger partial charge < -0.3 is 0 Å². The summed E-state index contributed by atoms with van der Waals surface area (Å²) in [6, 6.07) is 1.60. The molecule has 0 unspecified atom stereocenters. The number of hydrogen-bond acceptors (Lipinski definition) is 3. The fraction of sp³-hybridized carbons (Fsp3) is 0.429. The number of hydrogen-bond donors (Lipinski definition) is 0. The molecule has 1 aromatic rings. The van der Waals surface area contributed by atoms with Gasteiger partial charge in [0.2, 0.25) is 0 Å². The molecule has 0 atom stereocenters. The van der Waals surface area contributed by atoms with E-state index in [1.807, 2.05) is 13.8 Å². The first-order valence-corrected chi connectivity index (χ1v) is 6.16. The van der Waals surface area contributed by atoms with Crippen LogP contribution < -0.4 is 0 Å². The molecule has 0 N–H and O–H groups in total. The summed E-state index contributed by atoms with van der Waals surface area (Å²) in [4.78, 5) is 0.410. The second-order valence-electron chi connectivity index (χ2n) is 1.73. The molecule has 0 amide bonds. The summed E-state index contributed by atoms with van der Waals surface area (Å²) in [6.45, 7) is 4.00. The summed E-state index contributed by atoms with van der Waals surface area (Å²) in [5.41, 5.74) is 0. The van der Waals surface area contributed by atoms with Crippen LogP contribution in [0, 0.1) is 0 Å². The maximum Gasteiger partial charge on any atom is 0.176 e. The molecule has 1 rings (SSSR count). The zero-order valence-corrected chi connectivity index (χ0v) is 8.50. The van der Waals surface area contributed by atoms with Crippen molar-refractivity contribution in [3.8, 4) is 0 Å². The predicted molar refractivity (Wildman–Crippen MR) is 48.8 cm³/mol. The van der Waals surface area contributed by atoms with Crippen molar-refractivity contribution in [3.63, 3.8) is 0 Å². The van der Waals surface area contributed by atoms with Crippen molar-refractivity contribution < 1.29 is 8.42 Å². The summed E-state index contributed by atoms with van der Waals surface area (Å²) < 4.78 is 21.4. The number of thiophene rings is 1. The first kappa shape index (κ1) is 10.7. The zero-order chi connectivity index (χ0) is 8.91. The van der Waals surface area contributed by atoms with Gasteiger partial charge >= 0.3 is 0 Å². The van der Waals surface area contributed by atoms with Gasteiger partial charge in [-0.05, 0) is 11.4 Å². The zero-order valence-electron chi connectivity index (χ0n) is 6.87. The van der Waals surface area contributed by atoms with Gasteiger partial charge in [-0.3, -0.25) is 0 Å². The van der Waals surface area contributed by atoms with E-state index >= 15 is 0 Å². The van der Waals surface area contributed by atoms with E-state index in [0.717, 1.165) is 0 Å². The molecule has 0 aromatic carbocycles. The monoisotopic (exact) mass is 192 g/mol. The van der Waals surface area contributed by atoms with E-state index < -0.39 is 9.84 Å². The topological polar surface area (TPSA) is 34.1 Å². The van der Waals surface area contributed by atoms with Gasteiger partial charge in [-0.1, -0.05) is 13.8 Å². The number of rotatable bonds is 1. The molecule has 4 heteroatoms. The lowest BCUT2D eigenvalue weighted by Gasteiger charge is -1.86. The van der Waals surface area contributed by atoms with Crippen molar-refractivity contribution in [1.29, 1.82) is 0 Å². The lowest BCUT2D eigenvalue weighted by Crippen LogP contribution is -1.92. The molecule has 0 saturated carbocycles. The minimum atomic E-state index is -2.95. The van der Waals surface area contributed by atoms with Gasteiger partial charge in [0.25, 0.3) is 0 Å². The van der Waals surface area contributed by atoms with E-state index in [1.165, 1.54) is 17.6 Å². The Labute approximate surface area is 71.8 Å². The Morgan fingerprint density at radius 2 is 1.91 bits per heavy atom. The molecule has 1 heterocycles. The van der Waals surface area contributed by atoms with Crippen LogP contribution in [0.15, 0.2) is 21.7 Å². The van der Waals surface area contributed by atoms with Gasteiger partial charge in [-0.15, -0.1) is 0 Å². The molecule has 0 aliphatic heterocycles. The molecule has 0 fully saturated rings. The fourth-order valence-corrected chi connectivity index (χ4v) is 2.25. The second kappa shape index (κ2) is 4.51. The van der Waals surface area contributed by atoms with Crippen molar-refractivity contribution in [2.24, 2.45) is 0 Å². The molecule has 0 aliphatic rings. The Balaban J connectivity index is 0.000000461. The van der Waals surface area contributed by atoms with Crippen molar-refractivity contribution >= 4 is 21.2 Å². The molecule has 0 radical (unpaired) electrons. The summed E-state index contributed by atoms with van der Waals surface area (Å²) in [5.74, 6) is 0. The normalized spacial score (nSPS) is 10.1. The molecule has 11 heavy (non-hydrogen) atoms. The molecule has 0 aliphatic carbocycles. The SMILES string of the molecule is CC.CS(=O)(=O)c1ccsc1. The van der Waals surface area contributed by atoms with E-state index in [-0.39, 0.29) is 0 Å². The second-order valence-corrected chi connectivity index (χ2v) is 4.53. The summed E-state index contributed by atoms with van der Waals surface area (Å²) in [6.07, 6.45) is 1.20. The minimum absolute atomic E-state index is 0.410. The van der Waals surface area contributed by atoms with Gasteiger partial charge in [-0.25, -0.2) is 8.42 Å². The lowest BCUT2D eigenvalue weighted by atomic mass is 10.7. The van der Waals surface area contributed by atoms with Crippen molar-refractivity contribution in [2.45, 2.75) is 18.7 Å². The first-order valence-electron chi connectivity index (χ1n) is 3.33. The standard InChI is InChI=1S/C5H6O2S2.C2H6/c1-9(6,7)5-2-3-8-4-5;1-2/h2-4H,1H3;1-2H3. The molecular weight excluding hydrogens is 180 g/mol. The highest BCUT2D eigenvalue weighted by molar-refractivity contribution is 7.90. The van der Waals surface area contributed by atoms with Crippen LogP contribution in [0.2, 0.25) is 0 Å². The van der Waals surface area contributed by atoms with Crippen LogP contribution in [0.3, 0.4) is 0 Å². The van der Waals surface area contributed by atoms with Crippen molar-refractivity contribution in [2.75, 3.05) is 6.26 Å². The lowest BCUT2D eigenvalue weighted by molar-refractivity contribution is 0.602. The van der Waals surface area contributed by atoms with E-state index in [1.54, 1.807) is 16.8 Å². The predicted octanol–water partition coefficient (Wildman–Crippen LogP) is 2.18.